The van der Waals surface area contributed by atoms with Gasteiger partial charge in [0.25, 0.3) is 0 Å². The van der Waals surface area contributed by atoms with Gasteiger partial charge in [-0.15, -0.1) is 0 Å². The minimum Gasteiger partial charge on any atom is -0.471 e. The second kappa shape index (κ2) is 12.7. The van der Waals surface area contributed by atoms with Crippen molar-refractivity contribution >= 4 is 45.2 Å². The van der Waals surface area contributed by atoms with Crippen molar-refractivity contribution in [3.63, 3.8) is 0 Å². The Kier molecular flexibility index (Phi) is 8.46. The predicted octanol–water partition coefficient (Wildman–Crippen LogP) is 6.71. The van der Waals surface area contributed by atoms with Gasteiger partial charge in [-0.3, -0.25) is 4.90 Å². The number of nitrogens with zero attached hydrogens (tertiary/aromatic N) is 5. The van der Waals surface area contributed by atoms with E-state index in [0.717, 1.165) is 59.6 Å². The summed E-state index contributed by atoms with van der Waals surface area (Å²) in [5.41, 5.74) is 5.29. The third kappa shape index (κ3) is 6.88. The molecule has 5 heterocycles. The number of hydrogen-bond acceptors (Lipinski definition) is 8. The smallest absolute Gasteiger partial charge is 0.338 e. The molecule has 0 spiro atoms. The SMILES string of the molecule is CC(C)(C)OC(=O)c1ccc2nc(CN3CC=C(c4cc5nc[nH]c5c(OCc5ccc(Cl)cc5F)n4)CC3)n(C[C@@H]3CCO3)c2c1. The van der Waals surface area contributed by atoms with Crippen molar-refractivity contribution in [2.45, 2.75) is 65.0 Å². The van der Waals surface area contributed by atoms with E-state index in [2.05, 4.69) is 25.5 Å². The third-order valence-corrected chi connectivity index (χ3v) is 8.62. The van der Waals surface area contributed by atoms with Crippen molar-refractivity contribution in [3.05, 3.63) is 88.4 Å². The van der Waals surface area contributed by atoms with Crippen LogP contribution in [0.25, 0.3) is 27.6 Å². The van der Waals surface area contributed by atoms with Gasteiger partial charge in [-0.05, 0) is 75.6 Å². The molecule has 47 heavy (non-hydrogen) atoms. The molecule has 2 aliphatic rings. The Morgan fingerprint density at radius 2 is 2.00 bits per heavy atom. The first-order valence-electron chi connectivity index (χ1n) is 15.8. The van der Waals surface area contributed by atoms with E-state index in [4.69, 9.17) is 35.8 Å². The van der Waals surface area contributed by atoms with Crippen LogP contribution in [0.3, 0.4) is 0 Å². The highest BCUT2D eigenvalue weighted by atomic mass is 35.5. The van der Waals surface area contributed by atoms with Crippen LogP contribution >= 0.6 is 11.6 Å². The number of rotatable bonds is 9. The molecular weight excluding hydrogens is 623 g/mol. The van der Waals surface area contributed by atoms with Gasteiger partial charge in [-0.2, -0.15) is 0 Å². The van der Waals surface area contributed by atoms with Gasteiger partial charge in [0.2, 0.25) is 5.88 Å². The number of hydrogen-bond donors (Lipinski definition) is 1. The topological polar surface area (TPSA) is 107 Å². The van der Waals surface area contributed by atoms with Crippen LogP contribution < -0.4 is 4.74 Å². The predicted molar refractivity (Wildman–Crippen MR) is 177 cm³/mol. The Labute approximate surface area is 276 Å². The molecule has 2 aliphatic heterocycles. The molecule has 10 nitrogen and oxygen atoms in total. The number of benzene rings is 2. The molecule has 244 valence electrons. The quantitative estimate of drug-likeness (QED) is 0.174. The number of esters is 1. The second-order valence-electron chi connectivity index (χ2n) is 13.0. The zero-order valence-electron chi connectivity index (χ0n) is 26.6. The molecule has 12 heteroatoms. The molecule has 2 aromatic carbocycles. The van der Waals surface area contributed by atoms with Crippen molar-refractivity contribution in [3.8, 4) is 5.88 Å². The Balaban J connectivity index is 1.10. The Bertz CT molecular complexity index is 1990. The highest BCUT2D eigenvalue weighted by Gasteiger charge is 2.25. The minimum atomic E-state index is -0.581. The van der Waals surface area contributed by atoms with Crippen molar-refractivity contribution in [2.75, 3.05) is 19.7 Å². The standard InChI is InChI=1S/C35H36ClFN6O4/c1-35(2,3)47-34(44)22-5-7-27-30(14-22)43(17-25-10-13-45-25)31(40-27)18-42-11-8-21(9-12-42)28-16-29-32(39-20-38-29)33(41-28)46-19-23-4-6-24(36)15-26(23)37/h4-8,14-16,20,25H,9-13,17-19H2,1-3H3,(H,38,39)/t25-/m0/s1. The zero-order valence-corrected chi connectivity index (χ0v) is 27.3. The normalized spacial score (nSPS) is 17.1. The maximum Gasteiger partial charge on any atom is 0.338 e. The maximum atomic E-state index is 14.4. The molecule has 1 saturated heterocycles. The van der Waals surface area contributed by atoms with Gasteiger partial charge in [0.1, 0.15) is 29.4 Å². The molecule has 1 N–H and O–H groups in total. The van der Waals surface area contributed by atoms with Gasteiger partial charge in [0, 0.05) is 30.3 Å². The number of carbonyl (C=O) groups excluding carboxylic acids is 1. The van der Waals surface area contributed by atoms with E-state index in [9.17, 15) is 9.18 Å². The van der Waals surface area contributed by atoms with Gasteiger partial charge in [-0.1, -0.05) is 23.7 Å². The Morgan fingerprint density at radius 1 is 1.15 bits per heavy atom. The molecule has 0 unspecified atom stereocenters. The van der Waals surface area contributed by atoms with Crippen LogP contribution in [-0.4, -0.2) is 66.8 Å². The van der Waals surface area contributed by atoms with E-state index < -0.39 is 11.4 Å². The molecule has 1 fully saturated rings. The number of imidazole rings is 2. The van der Waals surface area contributed by atoms with E-state index in [1.807, 2.05) is 39.0 Å². The van der Waals surface area contributed by atoms with Crippen LogP contribution in [0.4, 0.5) is 4.39 Å². The fourth-order valence-corrected chi connectivity index (χ4v) is 6.01. The van der Waals surface area contributed by atoms with Crippen LogP contribution in [0.15, 0.2) is 54.9 Å². The number of halogens is 2. The van der Waals surface area contributed by atoms with Crippen molar-refractivity contribution in [1.82, 2.24) is 29.4 Å². The lowest BCUT2D eigenvalue weighted by Crippen LogP contribution is -2.33. The number of aromatic nitrogens is 5. The highest BCUT2D eigenvalue weighted by molar-refractivity contribution is 6.30. The summed E-state index contributed by atoms with van der Waals surface area (Å²) < 4.78 is 34.0. The van der Waals surface area contributed by atoms with Crippen LogP contribution in [0, 0.1) is 5.82 Å². The van der Waals surface area contributed by atoms with Crippen molar-refractivity contribution in [2.24, 2.45) is 0 Å². The first-order valence-corrected chi connectivity index (χ1v) is 16.1. The van der Waals surface area contributed by atoms with Gasteiger partial charge < -0.3 is 23.8 Å². The van der Waals surface area contributed by atoms with Crippen LogP contribution in [0.1, 0.15) is 61.1 Å². The number of aromatic amines is 1. The summed E-state index contributed by atoms with van der Waals surface area (Å²) in [4.78, 5) is 32.5. The highest BCUT2D eigenvalue weighted by Crippen LogP contribution is 2.30. The summed E-state index contributed by atoms with van der Waals surface area (Å²) in [6.45, 7) is 9.17. The minimum absolute atomic E-state index is 0.00651. The number of ether oxygens (including phenoxy) is 3. The van der Waals surface area contributed by atoms with E-state index in [1.165, 1.54) is 6.07 Å². The molecule has 5 aromatic rings. The number of pyridine rings is 1. The third-order valence-electron chi connectivity index (χ3n) is 8.39. The molecular formula is C35H36ClFN6O4. The van der Waals surface area contributed by atoms with E-state index >= 15 is 0 Å². The summed E-state index contributed by atoms with van der Waals surface area (Å²) in [5.74, 6) is 0.511. The van der Waals surface area contributed by atoms with E-state index in [0.29, 0.717) is 47.2 Å². The van der Waals surface area contributed by atoms with Crippen molar-refractivity contribution < 1.29 is 23.4 Å². The lowest BCUT2D eigenvalue weighted by molar-refractivity contribution is -0.0591. The van der Waals surface area contributed by atoms with Crippen LogP contribution in [0.2, 0.25) is 5.02 Å². The van der Waals surface area contributed by atoms with E-state index in [1.54, 1.807) is 24.5 Å². The fraction of sp³-hybridized carbons (Fsp3) is 0.371. The summed E-state index contributed by atoms with van der Waals surface area (Å²) in [5, 5.41) is 0.331. The molecule has 0 bridgehead atoms. The summed E-state index contributed by atoms with van der Waals surface area (Å²) in [6, 6.07) is 12.0. The average Bonchev–Trinajstić information content (AvgIpc) is 3.62. The van der Waals surface area contributed by atoms with Gasteiger partial charge >= 0.3 is 5.97 Å². The second-order valence-corrected chi connectivity index (χ2v) is 13.4. The number of nitrogens with one attached hydrogen (secondary N) is 1. The van der Waals surface area contributed by atoms with Gasteiger partial charge in [0.05, 0.1) is 53.3 Å². The molecule has 3 aromatic heterocycles. The van der Waals surface area contributed by atoms with Gasteiger partial charge in [0.15, 0.2) is 0 Å². The largest absolute Gasteiger partial charge is 0.471 e. The Morgan fingerprint density at radius 3 is 2.72 bits per heavy atom. The van der Waals surface area contributed by atoms with Crippen LogP contribution in [0.5, 0.6) is 5.88 Å². The first-order chi connectivity index (χ1) is 22.6. The number of fused-ring (bicyclic) bond motifs is 2. The molecule has 7 rings (SSSR count). The lowest BCUT2D eigenvalue weighted by atomic mass is 10.0. The molecule has 1 atom stereocenters. The maximum absolute atomic E-state index is 14.4. The van der Waals surface area contributed by atoms with Crippen LogP contribution in [-0.2, 0) is 29.2 Å². The summed E-state index contributed by atoms with van der Waals surface area (Å²) in [7, 11) is 0. The number of carbonyl (C=O) groups is 1. The molecule has 0 aliphatic carbocycles. The molecule has 0 radical (unpaired) electrons. The van der Waals surface area contributed by atoms with E-state index in [-0.39, 0.29) is 18.7 Å². The summed E-state index contributed by atoms with van der Waals surface area (Å²) in [6.07, 6.45) is 5.66. The zero-order chi connectivity index (χ0) is 32.7. The molecule has 0 amide bonds. The lowest BCUT2D eigenvalue weighted by Gasteiger charge is -2.29. The summed E-state index contributed by atoms with van der Waals surface area (Å²) >= 11 is 5.91. The van der Waals surface area contributed by atoms with Gasteiger partial charge in [-0.25, -0.2) is 24.1 Å². The number of H-pyrrole nitrogens is 1. The average molecular weight is 659 g/mol. The fourth-order valence-electron chi connectivity index (χ4n) is 5.85. The van der Waals surface area contributed by atoms with Crippen molar-refractivity contribution in [1.29, 1.82) is 0 Å². The first kappa shape index (κ1) is 31.3. The molecule has 0 saturated carbocycles. The monoisotopic (exact) mass is 658 g/mol. The Hall–Kier alpha value is -4.32.